The summed E-state index contributed by atoms with van der Waals surface area (Å²) in [6.45, 7) is 1.93. The molecule has 1 aromatic carbocycles. The third-order valence-electron chi connectivity index (χ3n) is 4.26. The van der Waals surface area contributed by atoms with Crippen LogP contribution in [-0.4, -0.2) is 28.8 Å². The second kappa shape index (κ2) is 6.99. The number of aryl methyl sites for hydroxylation is 2. The molecule has 0 bridgehead atoms. The van der Waals surface area contributed by atoms with Gasteiger partial charge in [-0.25, -0.2) is 13.9 Å². The summed E-state index contributed by atoms with van der Waals surface area (Å²) in [7, 11) is 0.165. The molecule has 0 aliphatic heterocycles. The van der Waals surface area contributed by atoms with E-state index in [0.29, 0.717) is 10.6 Å². The predicted molar refractivity (Wildman–Crippen MR) is 102 cm³/mol. The molecule has 1 unspecified atom stereocenters. The van der Waals surface area contributed by atoms with Crippen molar-refractivity contribution < 1.29 is 17.4 Å². The molecule has 0 aliphatic carbocycles. The summed E-state index contributed by atoms with van der Waals surface area (Å²) >= 11 is 0. The van der Waals surface area contributed by atoms with Crippen LogP contribution in [0.5, 0.6) is 0 Å². The molecule has 0 spiro atoms. The normalized spacial score (nSPS) is 13.0. The Morgan fingerprint density at radius 1 is 1.10 bits per heavy atom. The van der Waals surface area contributed by atoms with Crippen LogP contribution in [0, 0.1) is 6.92 Å². The van der Waals surface area contributed by atoms with Crippen molar-refractivity contribution in [3.05, 3.63) is 60.2 Å². The molecule has 11 heteroatoms. The molecule has 0 saturated carbocycles. The molecule has 29 heavy (non-hydrogen) atoms. The molecule has 0 radical (unpaired) electrons. The van der Waals surface area contributed by atoms with Crippen molar-refractivity contribution in [2.45, 2.75) is 18.0 Å². The first kappa shape index (κ1) is 19.1. The molecule has 0 amide bonds. The number of hydrogen-bond donors (Lipinski definition) is 1. The smallest absolute Gasteiger partial charge is 0.299 e. The van der Waals surface area contributed by atoms with Gasteiger partial charge in [-0.15, -0.1) is 0 Å². The summed E-state index contributed by atoms with van der Waals surface area (Å²) < 4.78 is 56.5. The Hall–Kier alpha value is -3.21. The number of benzene rings is 1. The standard InChI is InChI=1S/C18H15F3N6OS/c1-11-5-12-7-23-26(2)17(12)15(6-11)25-29(28)14-3-4-16(22-9-14)27-10-13(8-24-27)18(19,20)21/h3-10,25H,1-2H3. The fraction of sp³-hybridized carbons (Fsp3) is 0.167. The highest BCUT2D eigenvalue weighted by molar-refractivity contribution is 7.86. The minimum absolute atomic E-state index is 0.186. The van der Waals surface area contributed by atoms with Crippen LogP contribution in [0.4, 0.5) is 18.9 Å². The van der Waals surface area contributed by atoms with E-state index in [-0.39, 0.29) is 5.82 Å². The monoisotopic (exact) mass is 420 g/mol. The lowest BCUT2D eigenvalue weighted by atomic mass is 10.1. The van der Waals surface area contributed by atoms with E-state index in [2.05, 4.69) is 19.9 Å². The van der Waals surface area contributed by atoms with Crippen LogP contribution in [0.3, 0.4) is 0 Å². The van der Waals surface area contributed by atoms with Gasteiger partial charge in [0.05, 0.1) is 34.1 Å². The lowest BCUT2D eigenvalue weighted by Gasteiger charge is -2.10. The van der Waals surface area contributed by atoms with Gasteiger partial charge in [-0.1, -0.05) is 0 Å². The fourth-order valence-corrected chi connectivity index (χ4v) is 3.73. The van der Waals surface area contributed by atoms with Gasteiger partial charge in [0.2, 0.25) is 0 Å². The number of fused-ring (bicyclic) bond motifs is 1. The third kappa shape index (κ3) is 3.73. The van der Waals surface area contributed by atoms with E-state index in [4.69, 9.17) is 0 Å². The van der Waals surface area contributed by atoms with Gasteiger partial charge >= 0.3 is 6.18 Å². The van der Waals surface area contributed by atoms with Crippen molar-refractivity contribution >= 4 is 27.6 Å². The Kier molecular flexibility index (Phi) is 4.61. The van der Waals surface area contributed by atoms with Gasteiger partial charge < -0.3 is 0 Å². The number of anilines is 1. The second-order valence-electron chi connectivity index (χ2n) is 6.41. The van der Waals surface area contributed by atoms with Crippen molar-refractivity contribution in [3.63, 3.8) is 0 Å². The summed E-state index contributed by atoms with van der Waals surface area (Å²) in [5.41, 5.74) is 1.58. The van der Waals surface area contributed by atoms with E-state index >= 15 is 0 Å². The van der Waals surface area contributed by atoms with E-state index in [9.17, 15) is 17.4 Å². The number of alkyl halides is 3. The topological polar surface area (TPSA) is 77.6 Å². The first-order valence-corrected chi connectivity index (χ1v) is 9.56. The molecule has 1 N–H and O–H groups in total. The van der Waals surface area contributed by atoms with Gasteiger partial charge in [-0.3, -0.25) is 9.40 Å². The molecular formula is C18H15F3N6OS. The number of aromatic nitrogens is 5. The van der Waals surface area contributed by atoms with Crippen LogP contribution >= 0.6 is 0 Å². The SMILES string of the molecule is Cc1cc(NS(=O)c2ccc(-n3cc(C(F)(F)F)cn3)nc2)c2c(cnn2C)c1. The van der Waals surface area contributed by atoms with Gasteiger partial charge in [0.1, 0.15) is 0 Å². The summed E-state index contributed by atoms with van der Waals surface area (Å²) in [6, 6.07) is 6.83. The van der Waals surface area contributed by atoms with Gasteiger partial charge in [0, 0.05) is 24.8 Å². The van der Waals surface area contributed by atoms with Crippen molar-refractivity contribution in [1.82, 2.24) is 24.5 Å². The van der Waals surface area contributed by atoms with Crippen LogP contribution < -0.4 is 4.72 Å². The summed E-state index contributed by atoms with van der Waals surface area (Å²) in [5.74, 6) is 0.186. The Morgan fingerprint density at radius 2 is 1.90 bits per heavy atom. The lowest BCUT2D eigenvalue weighted by Crippen LogP contribution is -2.08. The minimum atomic E-state index is -4.48. The number of rotatable bonds is 4. The number of halogens is 3. The van der Waals surface area contributed by atoms with E-state index in [1.165, 1.54) is 18.3 Å². The van der Waals surface area contributed by atoms with Crippen molar-refractivity contribution in [2.24, 2.45) is 7.05 Å². The van der Waals surface area contributed by atoms with E-state index in [1.807, 2.05) is 19.1 Å². The summed E-state index contributed by atoms with van der Waals surface area (Å²) in [6.07, 6.45) is 0.166. The van der Waals surface area contributed by atoms with Crippen LogP contribution in [0.2, 0.25) is 0 Å². The zero-order valence-corrected chi connectivity index (χ0v) is 16.1. The van der Waals surface area contributed by atoms with E-state index < -0.39 is 22.7 Å². The number of nitrogens with zero attached hydrogens (tertiary/aromatic N) is 5. The first-order valence-electron chi connectivity index (χ1n) is 8.41. The number of hydrogen-bond acceptors (Lipinski definition) is 4. The second-order valence-corrected chi connectivity index (χ2v) is 7.63. The molecule has 150 valence electrons. The maximum atomic E-state index is 12.7. The maximum absolute atomic E-state index is 12.7. The summed E-state index contributed by atoms with van der Waals surface area (Å²) in [5, 5.41) is 8.81. The average Bonchev–Trinajstić information content (AvgIpc) is 3.29. The molecule has 1 atom stereocenters. The molecule has 3 aromatic heterocycles. The summed E-state index contributed by atoms with van der Waals surface area (Å²) in [4.78, 5) is 4.45. The third-order valence-corrected chi connectivity index (χ3v) is 5.33. The highest BCUT2D eigenvalue weighted by Crippen LogP contribution is 2.29. The first-order chi connectivity index (χ1) is 13.7. The van der Waals surface area contributed by atoms with Crippen molar-refractivity contribution in [3.8, 4) is 5.82 Å². The minimum Gasteiger partial charge on any atom is -0.299 e. The lowest BCUT2D eigenvalue weighted by molar-refractivity contribution is -0.137. The van der Waals surface area contributed by atoms with Crippen LogP contribution in [0.15, 0.2) is 53.9 Å². The highest BCUT2D eigenvalue weighted by Gasteiger charge is 2.32. The Bertz CT molecular complexity index is 1210. The van der Waals surface area contributed by atoms with Crippen LogP contribution in [0.1, 0.15) is 11.1 Å². The van der Waals surface area contributed by atoms with Gasteiger partial charge in [0.15, 0.2) is 16.8 Å². The zero-order valence-electron chi connectivity index (χ0n) is 15.3. The van der Waals surface area contributed by atoms with Gasteiger partial charge in [0.25, 0.3) is 0 Å². The molecule has 4 aromatic rings. The van der Waals surface area contributed by atoms with Crippen LogP contribution in [-0.2, 0) is 24.2 Å². The van der Waals surface area contributed by atoms with Gasteiger partial charge in [-0.2, -0.15) is 23.4 Å². The molecule has 0 saturated heterocycles. The Balaban J connectivity index is 1.58. The number of nitrogens with one attached hydrogen (secondary N) is 1. The zero-order chi connectivity index (χ0) is 20.8. The van der Waals surface area contributed by atoms with E-state index in [0.717, 1.165) is 33.5 Å². The molecule has 0 aliphatic rings. The quantitative estimate of drug-likeness (QED) is 0.547. The Morgan fingerprint density at radius 3 is 2.55 bits per heavy atom. The largest absolute Gasteiger partial charge is 0.419 e. The average molecular weight is 420 g/mol. The molecular weight excluding hydrogens is 405 g/mol. The highest BCUT2D eigenvalue weighted by atomic mass is 32.2. The van der Waals surface area contributed by atoms with Crippen molar-refractivity contribution in [1.29, 1.82) is 0 Å². The molecule has 0 fully saturated rings. The van der Waals surface area contributed by atoms with E-state index in [1.54, 1.807) is 17.9 Å². The fourth-order valence-electron chi connectivity index (χ4n) is 2.92. The van der Waals surface area contributed by atoms with Crippen molar-refractivity contribution in [2.75, 3.05) is 4.72 Å². The number of pyridine rings is 1. The molecule has 3 heterocycles. The molecule has 7 nitrogen and oxygen atoms in total. The Labute approximate surface area is 165 Å². The molecule has 4 rings (SSSR count). The van der Waals surface area contributed by atoms with Gasteiger partial charge in [-0.05, 0) is 36.8 Å². The maximum Gasteiger partial charge on any atom is 0.419 e. The van der Waals surface area contributed by atoms with Crippen LogP contribution in [0.25, 0.3) is 16.7 Å². The predicted octanol–water partition coefficient (Wildman–Crippen LogP) is 3.62.